The lowest BCUT2D eigenvalue weighted by molar-refractivity contribution is -0.139. The third-order valence-corrected chi connectivity index (χ3v) is 9.36. The average Bonchev–Trinajstić information content (AvgIpc) is 2.87. The first-order chi connectivity index (χ1) is 18.0. The molecular formula is C26H30Cl2N4O5S. The predicted molar refractivity (Wildman–Crippen MR) is 145 cm³/mol. The summed E-state index contributed by atoms with van der Waals surface area (Å²) in [6.07, 6.45) is 0. The van der Waals surface area contributed by atoms with Crippen molar-refractivity contribution in [3.05, 3.63) is 75.4 Å². The summed E-state index contributed by atoms with van der Waals surface area (Å²) in [7, 11) is -2.12. The van der Waals surface area contributed by atoms with Crippen molar-refractivity contribution in [2.45, 2.75) is 30.8 Å². The van der Waals surface area contributed by atoms with Gasteiger partial charge in [0.1, 0.15) is 0 Å². The zero-order valence-electron chi connectivity index (χ0n) is 21.4. The Morgan fingerprint density at radius 3 is 2.42 bits per heavy atom. The van der Waals surface area contributed by atoms with Crippen molar-refractivity contribution in [2.75, 3.05) is 39.8 Å². The summed E-state index contributed by atoms with van der Waals surface area (Å²) in [5, 5.41) is 3.74. The molecule has 1 fully saturated rings. The summed E-state index contributed by atoms with van der Waals surface area (Å²) in [6, 6.07) is 11.6. The van der Waals surface area contributed by atoms with Crippen molar-refractivity contribution in [1.82, 2.24) is 19.4 Å². The topological polar surface area (TPSA) is 99.3 Å². The highest BCUT2D eigenvalue weighted by molar-refractivity contribution is 7.89. The van der Waals surface area contributed by atoms with Gasteiger partial charge in [0, 0.05) is 55.0 Å². The molecule has 12 heteroatoms. The van der Waals surface area contributed by atoms with Crippen molar-refractivity contribution in [3.63, 3.8) is 0 Å². The van der Waals surface area contributed by atoms with E-state index in [4.69, 9.17) is 27.9 Å². The fourth-order valence-corrected chi connectivity index (χ4v) is 6.80. The number of hydrogen-bond acceptors (Lipinski definition) is 6. The van der Waals surface area contributed by atoms with E-state index in [2.05, 4.69) is 5.32 Å². The number of esters is 1. The molecule has 2 aliphatic rings. The monoisotopic (exact) mass is 580 g/mol. The Morgan fingerprint density at radius 2 is 1.79 bits per heavy atom. The van der Waals surface area contributed by atoms with E-state index in [1.807, 2.05) is 11.8 Å². The van der Waals surface area contributed by atoms with Crippen molar-refractivity contribution in [2.24, 2.45) is 0 Å². The molecule has 2 amide bonds. The Labute approximate surface area is 233 Å². The molecule has 2 unspecified atom stereocenters. The number of amides is 2. The first kappa shape index (κ1) is 28.4. The molecule has 1 saturated heterocycles. The molecule has 9 nitrogen and oxygen atoms in total. The normalized spacial score (nSPS) is 21.4. The third-order valence-electron chi connectivity index (χ3n) is 6.73. The quantitative estimate of drug-likeness (QED) is 0.498. The third kappa shape index (κ3) is 5.69. The fraction of sp³-hybridized carbons (Fsp3) is 0.385. The number of urea groups is 1. The first-order valence-corrected chi connectivity index (χ1v) is 14.4. The van der Waals surface area contributed by atoms with E-state index in [-0.39, 0.29) is 36.7 Å². The van der Waals surface area contributed by atoms with Crippen molar-refractivity contribution < 1.29 is 22.7 Å². The summed E-state index contributed by atoms with van der Waals surface area (Å²) in [4.78, 5) is 29.8. The Hall–Kier alpha value is -2.63. The SMILES string of the molecule is CCOC(=O)C1=C(CN2CCN(S(=O)(=O)c3ccc(Cl)cc3)C(C)C2)N(C)C(=O)NC1c1ccccc1Cl. The van der Waals surface area contributed by atoms with Crippen LogP contribution in [0.25, 0.3) is 0 Å². The molecule has 1 N–H and O–H groups in total. The van der Waals surface area contributed by atoms with Gasteiger partial charge in [0.2, 0.25) is 10.0 Å². The molecule has 0 radical (unpaired) electrons. The molecule has 2 aromatic carbocycles. The number of nitrogens with one attached hydrogen (secondary N) is 1. The molecule has 0 aromatic heterocycles. The molecule has 38 heavy (non-hydrogen) atoms. The minimum atomic E-state index is -3.71. The maximum Gasteiger partial charge on any atom is 0.338 e. The van der Waals surface area contributed by atoms with Gasteiger partial charge in [-0.15, -0.1) is 0 Å². The lowest BCUT2D eigenvalue weighted by Crippen LogP contribution is -2.56. The van der Waals surface area contributed by atoms with Crippen LogP contribution in [0.2, 0.25) is 10.0 Å². The molecule has 0 bridgehead atoms. The van der Waals surface area contributed by atoms with E-state index >= 15 is 0 Å². The number of likely N-dealkylation sites (N-methyl/N-ethyl adjacent to an activating group) is 1. The van der Waals surface area contributed by atoms with Gasteiger partial charge in [-0.2, -0.15) is 4.31 Å². The summed E-state index contributed by atoms with van der Waals surface area (Å²) in [6.45, 7) is 5.03. The number of piperazine rings is 1. The Kier molecular flexibility index (Phi) is 8.68. The minimum absolute atomic E-state index is 0.167. The van der Waals surface area contributed by atoms with Crippen LogP contribution in [0.3, 0.4) is 0 Å². The molecule has 0 spiro atoms. The van der Waals surface area contributed by atoms with Crippen LogP contribution < -0.4 is 5.32 Å². The van der Waals surface area contributed by atoms with E-state index in [9.17, 15) is 18.0 Å². The largest absolute Gasteiger partial charge is 0.463 e. The van der Waals surface area contributed by atoms with Crippen LogP contribution in [0.1, 0.15) is 25.5 Å². The van der Waals surface area contributed by atoms with Gasteiger partial charge in [0.05, 0.1) is 23.1 Å². The maximum atomic E-state index is 13.3. The Morgan fingerprint density at radius 1 is 1.11 bits per heavy atom. The molecule has 2 aromatic rings. The van der Waals surface area contributed by atoms with Crippen LogP contribution in [-0.2, 0) is 19.6 Å². The number of rotatable bonds is 7. The highest BCUT2D eigenvalue weighted by Gasteiger charge is 2.40. The van der Waals surface area contributed by atoms with Crippen LogP contribution in [0, 0.1) is 0 Å². The zero-order chi connectivity index (χ0) is 27.6. The van der Waals surface area contributed by atoms with Gasteiger partial charge in [0.15, 0.2) is 0 Å². The van der Waals surface area contributed by atoms with Crippen molar-refractivity contribution in [3.8, 4) is 0 Å². The van der Waals surface area contributed by atoms with Crippen molar-refractivity contribution >= 4 is 45.2 Å². The molecule has 2 atom stereocenters. The first-order valence-electron chi connectivity index (χ1n) is 12.2. The Balaban J connectivity index is 1.63. The summed E-state index contributed by atoms with van der Waals surface area (Å²) in [5.41, 5.74) is 1.37. The molecule has 4 rings (SSSR count). The number of halogens is 2. The number of sulfonamides is 1. The molecule has 2 heterocycles. The standard InChI is InChI=1S/C26H30Cl2N4O5S/c1-4-37-25(33)23-22(30(3)26(34)29-24(23)20-7-5-6-8-21(20)28)16-31-13-14-32(17(2)15-31)38(35,36)19-11-9-18(27)10-12-19/h5-12,17,24H,4,13-16H2,1-3H3,(H,29,34). The zero-order valence-corrected chi connectivity index (χ0v) is 23.7. The van der Waals surface area contributed by atoms with Gasteiger partial charge in [-0.25, -0.2) is 18.0 Å². The van der Waals surface area contributed by atoms with E-state index in [0.29, 0.717) is 40.0 Å². The van der Waals surface area contributed by atoms with Gasteiger partial charge in [-0.1, -0.05) is 41.4 Å². The minimum Gasteiger partial charge on any atom is -0.463 e. The smallest absolute Gasteiger partial charge is 0.338 e. The van der Waals surface area contributed by atoms with Gasteiger partial charge in [0.25, 0.3) is 0 Å². The second kappa shape index (κ2) is 11.6. The van der Waals surface area contributed by atoms with Gasteiger partial charge in [-0.05, 0) is 49.7 Å². The fourth-order valence-electron chi connectivity index (χ4n) is 4.81. The number of carbonyl (C=O) groups excluding carboxylic acids is 2. The van der Waals surface area contributed by atoms with Crippen LogP contribution in [-0.4, -0.2) is 80.4 Å². The van der Waals surface area contributed by atoms with Crippen molar-refractivity contribution in [1.29, 1.82) is 0 Å². The van der Waals surface area contributed by atoms with Crippen LogP contribution >= 0.6 is 23.2 Å². The van der Waals surface area contributed by atoms with Crippen LogP contribution in [0.5, 0.6) is 0 Å². The summed E-state index contributed by atoms with van der Waals surface area (Å²) in [5.74, 6) is -0.545. The average molecular weight is 582 g/mol. The molecule has 2 aliphatic heterocycles. The Bertz CT molecular complexity index is 1350. The molecular weight excluding hydrogens is 551 g/mol. The second-order valence-corrected chi connectivity index (χ2v) is 11.9. The highest BCUT2D eigenvalue weighted by atomic mass is 35.5. The number of hydrogen-bond donors (Lipinski definition) is 1. The summed E-state index contributed by atoms with van der Waals surface area (Å²) >= 11 is 12.4. The molecule has 204 valence electrons. The number of carbonyl (C=O) groups is 2. The predicted octanol–water partition coefficient (Wildman–Crippen LogP) is 3.90. The van der Waals surface area contributed by atoms with E-state index < -0.39 is 22.0 Å². The lowest BCUT2D eigenvalue weighted by atomic mass is 9.94. The van der Waals surface area contributed by atoms with E-state index in [0.717, 1.165) is 0 Å². The van der Waals surface area contributed by atoms with E-state index in [1.54, 1.807) is 50.4 Å². The molecule has 0 saturated carbocycles. The van der Waals surface area contributed by atoms with Gasteiger partial charge in [-0.3, -0.25) is 9.80 Å². The number of nitrogens with zero attached hydrogens (tertiary/aromatic N) is 3. The highest BCUT2D eigenvalue weighted by Crippen LogP contribution is 2.35. The maximum absolute atomic E-state index is 13.3. The van der Waals surface area contributed by atoms with Gasteiger partial charge >= 0.3 is 12.0 Å². The summed E-state index contributed by atoms with van der Waals surface area (Å²) < 4.78 is 33.4. The number of benzene rings is 2. The lowest BCUT2D eigenvalue weighted by Gasteiger charge is -2.41. The van der Waals surface area contributed by atoms with E-state index in [1.165, 1.54) is 21.3 Å². The second-order valence-electron chi connectivity index (χ2n) is 9.20. The van der Waals surface area contributed by atoms with Crippen LogP contribution in [0.15, 0.2) is 64.7 Å². The van der Waals surface area contributed by atoms with Gasteiger partial charge < -0.3 is 10.1 Å². The number of ether oxygens (including phenoxy) is 1. The van der Waals surface area contributed by atoms with Crippen LogP contribution in [0.4, 0.5) is 4.79 Å². The molecule has 0 aliphatic carbocycles.